The fraction of sp³-hybridized carbons (Fsp3) is 0.188. The van der Waals surface area contributed by atoms with Gasteiger partial charge in [0.15, 0.2) is 0 Å². The molecule has 23 heavy (non-hydrogen) atoms. The molecule has 7 heteroatoms. The molecule has 1 N–H and O–H groups in total. The van der Waals surface area contributed by atoms with E-state index in [1.54, 1.807) is 28.0 Å². The van der Waals surface area contributed by atoms with Crippen LogP contribution in [0.4, 0.5) is 5.69 Å². The summed E-state index contributed by atoms with van der Waals surface area (Å²) >= 11 is 5.87. The number of aromatic nitrogens is 4. The lowest BCUT2D eigenvalue weighted by Gasteiger charge is -2.05. The monoisotopic (exact) mass is 329 g/mol. The molecule has 0 radical (unpaired) electrons. The molecule has 0 aliphatic carbocycles. The van der Waals surface area contributed by atoms with Gasteiger partial charge in [-0.1, -0.05) is 23.7 Å². The van der Waals surface area contributed by atoms with Crippen molar-refractivity contribution >= 4 is 23.2 Å². The van der Waals surface area contributed by atoms with Crippen LogP contribution >= 0.6 is 11.6 Å². The van der Waals surface area contributed by atoms with Crippen molar-refractivity contribution in [3.05, 3.63) is 65.2 Å². The van der Waals surface area contributed by atoms with Crippen molar-refractivity contribution in [3.63, 3.8) is 0 Å². The van der Waals surface area contributed by atoms with Crippen molar-refractivity contribution in [2.24, 2.45) is 0 Å². The SMILES string of the molecule is Cc1ccnn1CC(=O)Nc1cnn(Cc2ccc(Cl)cc2)c1. The van der Waals surface area contributed by atoms with E-state index in [2.05, 4.69) is 15.5 Å². The van der Waals surface area contributed by atoms with Gasteiger partial charge >= 0.3 is 0 Å². The second-order valence-corrected chi connectivity index (χ2v) is 5.67. The largest absolute Gasteiger partial charge is 0.322 e. The minimum absolute atomic E-state index is 0.136. The van der Waals surface area contributed by atoms with Gasteiger partial charge in [-0.3, -0.25) is 14.2 Å². The van der Waals surface area contributed by atoms with Gasteiger partial charge in [0.2, 0.25) is 5.91 Å². The molecule has 1 aromatic carbocycles. The van der Waals surface area contributed by atoms with E-state index in [1.807, 2.05) is 37.3 Å². The van der Waals surface area contributed by atoms with Crippen LogP contribution in [0.5, 0.6) is 0 Å². The van der Waals surface area contributed by atoms with Gasteiger partial charge in [-0.25, -0.2) is 0 Å². The van der Waals surface area contributed by atoms with Crippen LogP contribution in [0.2, 0.25) is 5.02 Å². The van der Waals surface area contributed by atoms with E-state index in [1.165, 1.54) is 0 Å². The minimum atomic E-state index is -0.136. The summed E-state index contributed by atoms with van der Waals surface area (Å²) in [5.74, 6) is -0.136. The molecule has 0 aliphatic heterocycles. The molecule has 2 aromatic heterocycles. The van der Waals surface area contributed by atoms with E-state index in [4.69, 9.17) is 11.6 Å². The third kappa shape index (κ3) is 3.98. The first-order valence-electron chi connectivity index (χ1n) is 7.15. The van der Waals surface area contributed by atoms with Crippen LogP contribution < -0.4 is 5.32 Å². The van der Waals surface area contributed by atoms with Gasteiger partial charge in [0.05, 0.1) is 18.4 Å². The van der Waals surface area contributed by atoms with E-state index in [-0.39, 0.29) is 12.5 Å². The molecule has 2 heterocycles. The van der Waals surface area contributed by atoms with Gasteiger partial charge < -0.3 is 5.32 Å². The molecule has 0 saturated carbocycles. The zero-order chi connectivity index (χ0) is 16.2. The van der Waals surface area contributed by atoms with Gasteiger partial charge in [-0.05, 0) is 30.7 Å². The van der Waals surface area contributed by atoms with E-state index < -0.39 is 0 Å². The Balaban J connectivity index is 1.59. The average Bonchev–Trinajstić information content (AvgIpc) is 3.11. The highest BCUT2D eigenvalue weighted by molar-refractivity contribution is 6.30. The lowest BCUT2D eigenvalue weighted by molar-refractivity contribution is -0.116. The molecular formula is C16H16ClN5O. The molecule has 0 saturated heterocycles. The molecule has 0 bridgehead atoms. The van der Waals surface area contributed by atoms with Crippen LogP contribution in [-0.2, 0) is 17.9 Å². The molecule has 0 spiro atoms. The highest BCUT2D eigenvalue weighted by Crippen LogP contribution is 2.12. The normalized spacial score (nSPS) is 10.7. The lowest BCUT2D eigenvalue weighted by atomic mass is 10.2. The van der Waals surface area contributed by atoms with Crippen molar-refractivity contribution in [3.8, 4) is 0 Å². The molecular weight excluding hydrogens is 314 g/mol. The fourth-order valence-corrected chi connectivity index (χ4v) is 2.32. The first-order valence-corrected chi connectivity index (χ1v) is 7.53. The molecule has 0 aliphatic rings. The molecule has 118 valence electrons. The quantitative estimate of drug-likeness (QED) is 0.782. The van der Waals surface area contributed by atoms with Gasteiger partial charge in [-0.2, -0.15) is 10.2 Å². The highest BCUT2D eigenvalue weighted by atomic mass is 35.5. The number of amides is 1. The number of carbonyl (C=O) groups excluding carboxylic acids is 1. The summed E-state index contributed by atoms with van der Waals surface area (Å²) in [6, 6.07) is 9.44. The maximum absolute atomic E-state index is 12.0. The van der Waals surface area contributed by atoms with E-state index in [0.717, 1.165) is 11.3 Å². The van der Waals surface area contributed by atoms with Crippen molar-refractivity contribution in [1.82, 2.24) is 19.6 Å². The Hall–Kier alpha value is -2.60. The number of carbonyl (C=O) groups is 1. The average molecular weight is 330 g/mol. The van der Waals surface area contributed by atoms with E-state index in [0.29, 0.717) is 17.3 Å². The standard InChI is InChI=1S/C16H16ClN5O/c1-12-6-7-18-22(12)11-16(23)20-15-8-19-21(10-15)9-13-2-4-14(17)5-3-13/h2-8,10H,9,11H2,1H3,(H,20,23). The summed E-state index contributed by atoms with van der Waals surface area (Å²) < 4.78 is 3.41. The van der Waals surface area contributed by atoms with E-state index >= 15 is 0 Å². The summed E-state index contributed by atoms with van der Waals surface area (Å²) in [7, 11) is 0. The van der Waals surface area contributed by atoms with E-state index in [9.17, 15) is 4.79 Å². The molecule has 3 aromatic rings. The van der Waals surface area contributed by atoms with Crippen molar-refractivity contribution in [2.75, 3.05) is 5.32 Å². The number of nitrogens with zero attached hydrogens (tertiary/aromatic N) is 4. The predicted molar refractivity (Wildman–Crippen MR) is 88.4 cm³/mol. The Morgan fingerprint density at radius 1 is 1.22 bits per heavy atom. The Morgan fingerprint density at radius 2 is 2.00 bits per heavy atom. The van der Waals surface area contributed by atoms with Gasteiger partial charge in [0.25, 0.3) is 0 Å². The number of rotatable bonds is 5. The van der Waals surface area contributed by atoms with Crippen molar-refractivity contribution in [1.29, 1.82) is 0 Å². The number of hydrogen-bond donors (Lipinski definition) is 1. The molecule has 1 amide bonds. The molecule has 3 rings (SSSR count). The van der Waals surface area contributed by atoms with Gasteiger partial charge in [0.1, 0.15) is 6.54 Å². The summed E-state index contributed by atoms with van der Waals surface area (Å²) in [6.45, 7) is 2.71. The third-order valence-electron chi connectivity index (χ3n) is 3.40. The fourth-order valence-electron chi connectivity index (χ4n) is 2.19. The highest BCUT2D eigenvalue weighted by Gasteiger charge is 2.07. The summed E-state index contributed by atoms with van der Waals surface area (Å²) in [5.41, 5.74) is 2.69. The number of benzene rings is 1. The Kier molecular flexibility index (Phi) is 4.43. The van der Waals surface area contributed by atoms with Crippen LogP contribution in [0.15, 0.2) is 48.9 Å². The molecule has 0 unspecified atom stereocenters. The summed E-state index contributed by atoms with van der Waals surface area (Å²) in [6.07, 6.45) is 5.10. The number of aryl methyl sites for hydroxylation is 1. The smallest absolute Gasteiger partial charge is 0.246 e. The van der Waals surface area contributed by atoms with Crippen LogP contribution in [-0.4, -0.2) is 25.5 Å². The number of nitrogens with one attached hydrogen (secondary N) is 1. The summed E-state index contributed by atoms with van der Waals surface area (Å²) in [4.78, 5) is 12.0. The Morgan fingerprint density at radius 3 is 2.70 bits per heavy atom. The molecule has 0 atom stereocenters. The van der Waals surface area contributed by atoms with Crippen molar-refractivity contribution in [2.45, 2.75) is 20.0 Å². The molecule has 6 nitrogen and oxygen atoms in total. The maximum atomic E-state index is 12.0. The molecule has 0 fully saturated rings. The maximum Gasteiger partial charge on any atom is 0.246 e. The Bertz CT molecular complexity index is 806. The first kappa shape index (κ1) is 15.3. The van der Waals surface area contributed by atoms with Crippen LogP contribution in [0.3, 0.4) is 0 Å². The predicted octanol–water partition coefficient (Wildman–Crippen LogP) is 2.73. The number of hydrogen-bond acceptors (Lipinski definition) is 3. The van der Waals surface area contributed by atoms with Crippen LogP contribution in [0, 0.1) is 6.92 Å². The number of anilines is 1. The van der Waals surface area contributed by atoms with Gasteiger partial charge in [-0.15, -0.1) is 0 Å². The lowest BCUT2D eigenvalue weighted by Crippen LogP contribution is -2.19. The topological polar surface area (TPSA) is 64.7 Å². The third-order valence-corrected chi connectivity index (χ3v) is 3.65. The zero-order valence-corrected chi connectivity index (χ0v) is 13.4. The van der Waals surface area contributed by atoms with Gasteiger partial charge in [0, 0.05) is 23.1 Å². The summed E-state index contributed by atoms with van der Waals surface area (Å²) in [5, 5.41) is 11.9. The van der Waals surface area contributed by atoms with Crippen LogP contribution in [0.25, 0.3) is 0 Å². The first-order chi connectivity index (χ1) is 11.1. The second-order valence-electron chi connectivity index (χ2n) is 5.23. The van der Waals surface area contributed by atoms with Crippen LogP contribution in [0.1, 0.15) is 11.3 Å². The zero-order valence-electron chi connectivity index (χ0n) is 12.6. The number of halogens is 1. The Labute approximate surface area is 138 Å². The second kappa shape index (κ2) is 6.66. The van der Waals surface area contributed by atoms with Crippen molar-refractivity contribution < 1.29 is 4.79 Å². The minimum Gasteiger partial charge on any atom is -0.322 e.